The number of pyridine rings is 1. The predicted octanol–water partition coefficient (Wildman–Crippen LogP) is 3.82. The van der Waals surface area contributed by atoms with Crippen LogP contribution in [0.25, 0.3) is 0 Å². The summed E-state index contributed by atoms with van der Waals surface area (Å²) >= 11 is 0. The molecule has 0 bridgehead atoms. The van der Waals surface area contributed by atoms with Crippen molar-refractivity contribution < 1.29 is 4.79 Å². The molecule has 2 rings (SSSR count). The van der Waals surface area contributed by atoms with Gasteiger partial charge in [-0.25, -0.2) is 0 Å². The van der Waals surface area contributed by atoms with Gasteiger partial charge in [0.05, 0.1) is 11.6 Å². The summed E-state index contributed by atoms with van der Waals surface area (Å²) in [6.45, 7) is 4.21. The highest BCUT2D eigenvalue weighted by Crippen LogP contribution is 2.31. The van der Waals surface area contributed by atoms with Crippen molar-refractivity contribution in [1.29, 1.82) is 0 Å². The molecule has 18 heavy (non-hydrogen) atoms. The zero-order valence-electron chi connectivity index (χ0n) is 11.3. The average molecular weight is 243 g/mol. The van der Waals surface area contributed by atoms with Crippen molar-refractivity contribution in [2.24, 2.45) is 0 Å². The highest BCUT2D eigenvalue weighted by Gasteiger charge is 2.26. The summed E-state index contributed by atoms with van der Waals surface area (Å²) < 4.78 is 0. The van der Waals surface area contributed by atoms with Crippen molar-refractivity contribution in [1.82, 2.24) is 4.98 Å². The fourth-order valence-electron chi connectivity index (χ4n) is 2.64. The van der Waals surface area contributed by atoms with Crippen molar-refractivity contribution in [3.05, 3.63) is 41.2 Å². The zero-order chi connectivity index (χ0) is 13.0. The molecule has 0 fully saturated rings. The normalized spacial score (nSPS) is 18.0. The van der Waals surface area contributed by atoms with Gasteiger partial charge >= 0.3 is 0 Å². The number of carbonyl (C=O) groups excluding carboxylic acids is 1. The van der Waals surface area contributed by atoms with Gasteiger partial charge in [0, 0.05) is 6.20 Å². The summed E-state index contributed by atoms with van der Waals surface area (Å²) in [6.07, 6.45) is 8.68. The van der Waals surface area contributed by atoms with E-state index in [4.69, 9.17) is 0 Å². The molecule has 1 aromatic heterocycles. The average Bonchev–Trinajstić information content (AvgIpc) is 2.43. The van der Waals surface area contributed by atoms with E-state index in [1.54, 1.807) is 6.20 Å². The molecule has 0 saturated heterocycles. The number of nitrogens with zero attached hydrogens (tertiary/aromatic N) is 1. The first-order chi connectivity index (χ1) is 8.76. The van der Waals surface area contributed by atoms with Crippen LogP contribution in [0.4, 0.5) is 0 Å². The van der Waals surface area contributed by atoms with Gasteiger partial charge in [-0.3, -0.25) is 9.78 Å². The zero-order valence-corrected chi connectivity index (χ0v) is 11.3. The van der Waals surface area contributed by atoms with Crippen LogP contribution in [0.1, 0.15) is 56.7 Å². The van der Waals surface area contributed by atoms with E-state index in [-0.39, 0.29) is 11.7 Å². The summed E-state index contributed by atoms with van der Waals surface area (Å²) in [6, 6.07) is 4.07. The molecule has 1 unspecified atom stereocenters. The third-order valence-corrected chi connectivity index (χ3v) is 3.79. The Kier molecular flexibility index (Phi) is 4.29. The highest BCUT2D eigenvalue weighted by atomic mass is 16.1. The van der Waals surface area contributed by atoms with E-state index in [0.717, 1.165) is 37.8 Å². The monoisotopic (exact) mass is 243 g/mol. The summed E-state index contributed by atoms with van der Waals surface area (Å²) in [5, 5.41) is 0. The number of aromatic nitrogens is 1. The van der Waals surface area contributed by atoms with Crippen LogP contribution in [0.5, 0.6) is 0 Å². The molecule has 1 aliphatic rings. The quantitative estimate of drug-likeness (QED) is 0.752. The third kappa shape index (κ3) is 2.69. The van der Waals surface area contributed by atoms with Crippen LogP contribution >= 0.6 is 0 Å². The molecule has 0 N–H and O–H groups in total. The van der Waals surface area contributed by atoms with Crippen LogP contribution in [-0.4, -0.2) is 10.8 Å². The van der Waals surface area contributed by atoms with Crippen LogP contribution in [0.2, 0.25) is 0 Å². The van der Waals surface area contributed by atoms with Gasteiger partial charge in [0.2, 0.25) is 0 Å². The smallest absolute Gasteiger partial charge is 0.164 e. The minimum atomic E-state index is -0.0111. The minimum absolute atomic E-state index is 0.0111. The Morgan fingerprint density at radius 1 is 1.44 bits per heavy atom. The first kappa shape index (κ1) is 13.0. The van der Waals surface area contributed by atoms with Gasteiger partial charge in [0.25, 0.3) is 0 Å². The van der Waals surface area contributed by atoms with E-state index in [2.05, 4.69) is 24.9 Å². The van der Waals surface area contributed by atoms with Crippen LogP contribution in [0.3, 0.4) is 0 Å². The van der Waals surface area contributed by atoms with Gasteiger partial charge in [-0.1, -0.05) is 25.5 Å². The Labute approximate surface area is 109 Å². The number of rotatable bonds is 4. The summed E-state index contributed by atoms with van der Waals surface area (Å²) in [7, 11) is 0. The minimum Gasteiger partial charge on any atom is -0.294 e. The lowest BCUT2D eigenvalue weighted by Crippen LogP contribution is -2.18. The second-order valence-electron chi connectivity index (χ2n) is 4.90. The Hall–Kier alpha value is -1.44. The number of hydrogen-bond donors (Lipinski definition) is 0. The lowest BCUT2D eigenvalue weighted by Gasteiger charge is -2.22. The van der Waals surface area contributed by atoms with E-state index < -0.39 is 0 Å². The maximum absolute atomic E-state index is 12.4. The predicted molar refractivity (Wildman–Crippen MR) is 73.6 cm³/mol. The molecule has 0 saturated carbocycles. The molecular weight excluding hydrogens is 222 g/mol. The molecule has 96 valence electrons. The largest absolute Gasteiger partial charge is 0.294 e. The molecule has 1 atom stereocenters. The standard InChI is InChI=1S/C16H21NO/c1-3-12(4-2)11-15(18)14-9-5-7-13-8-6-10-17-16(13)14/h6,8,10-11,14H,3-5,7,9H2,1-2H3. The van der Waals surface area contributed by atoms with E-state index in [1.165, 1.54) is 11.1 Å². The van der Waals surface area contributed by atoms with Crippen LogP contribution < -0.4 is 0 Å². The van der Waals surface area contributed by atoms with Crippen molar-refractivity contribution in [3.63, 3.8) is 0 Å². The molecule has 1 aromatic rings. The first-order valence-electron chi connectivity index (χ1n) is 6.93. The highest BCUT2D eigenvalue weighted by molar-refractivity contribution is 5.96. The fraction of sp³-hybridized carbons (Fsp3) is 0.500. The molecular formula is C16H21NO. The Morgan fingerprint density at radius 2 is 2.22 bits per heavy atom. The fourth-order valence-corrected chi connectivity index (χ4v) is 2.64. The maximum Gasteiger partial charge on any atom is 0.164 e. The third-order valence-electron chi connectivity index (χ3n) is 3.79. The van der Waals surface area contributed by atoms with Gasteiger partial charge in [-0.05, 0) is 49.8 Å². The van der Waals surface area contributed by atoms with E-state index >= 15 is 0 Å². The van der Waals surface area contributed by atoms with Crippen molar-refractivity contribution >= 4 is 5.78 Å². The number of allylic oxidation sites excluding steroid dienone is 2. The van der Waals surface area contributed by atoms with Gasteiger partial charge in [0.1, 0.15) is 0 Å². The van der Waals surface area contributed by atoms with Gasteiger partial charge < -0.3 is 0 Å². The lowest BCUT2D eigenvalue weighted by atomic mass is 9.83. The lowest BCUT2D eigenvalue weighted by molar-refractivity contribution is -0.116. The first-order valence-corrected chi connectivity index (χ1v) is 6.93. The van der Waals surface area contributed by atoms with E-state index in [9.17, 15) is 4.79 Å². The Bertz CT molecular complexity index is 456. The molecule has 0 radical (unpaired) electrons. The van der Waals surface area contributed by atoms with Gasteiger partial charge in [-0.2, -0.15) is 0 Å². The molecule has 1 heterocycles. The van der Waals surface area contributed by atoms with Crippen LogP contribution in [0.15, 0.2) is 30.0 Å². The second kappa shape index (κ2) is 5.94. The second-order valence-corrected chi connectivity index (χ2v) is 4.90. The van der Waals surface area contributed by atoms with Crippen molar-refractivity contribution in [2.75, 3.05) is 0 Å². The van der Waals surface area contributed by atoms with E-state index in [0.29, 0.717) is 0 Å². The molecule has 0 aromatic carbocycles. The number of aryl methyl sites for hydroxylation is 1. The molecule has 1 aliphatic carbocycles. The molecule has 0 spiro atoms. The van der Waals surface area contributed by atoms with Crippen molar-refractivity contribution in [2.45, 2.75) is 51.9 Å². The Morgan fingerprint density at radius 3 is 2.94 bits per heavy atom. The summed E-state index contributed by atoms with van der Waals surface area (Å²) in [4.78, 5) is 16.8. The molecule has 2 heteroatoms. The summed E-state index contributed by atoms with van der Waals surface area (Å²) in [5.41, 5.74) is 3.50. The number of ketones is 1. The molecule has 0 amide bonds. The van der Waals surface area contributed by atoms with Crippen LogP contribution in [0, 0.1) is 0 Å². The van der Waals surface area contributed by atoms with Crippen molar-refractivity contribution in [3.8, 4) is 0 Å². The maximum atomic E-state index is 12.4. The number of hydrogen-bond acceptors (Lipinski definition) is 2. The SMILES string of the molecule is CCC(=CC(=O)C1CCCc2cccnc21)CC. The summed E-state index contributed by atoms with van der Waals surface area (Å²) in [5.74, 6) is 0.233. The Balaban J connectivity index is 2.25. The molecule has 0 aliphatic heterocycles. The number of carbonyl (C=O) groups is 1. The number of fused-ring (bicyclic) bond motifs is 1. The van der Waals surface area contributed by atoms with Crippen LogP contribution in [-0.2, 0) is 11.2 Å². The van der Waals surface area contributed by atoms with Gasteiger partial charge in [-0.15, -0.1) is 0 Å². The topological polar surface area (TPSA) is 30.0 Å². The van der Waals surface area contributed by atoms with Gasteiger partial charge in [0.15, 0.2) is 5.78 Å². The molecule has 2 nitrogen and oxygen atoms in total. The van der Waals surface area contributed by atoms with E-state index in [1.807, 2.05) is 12.1 Å².